The minimum absolute atomic E-state index is 0.257. The molecule has 0 saturated carbocycles. The summed E-state index contributed by atoms with van der Waals surface area (Å²) in [5.74, 6) is 0.257. The van der Waals surface area contributed by atoms with E-state index < -0.39 is 9.84 Å². The van der Waals surface area contributed by atoms with Gasteiger partial charge in [0.1, 0.15) is 9.84 Å². The molecule has 0 radical (unpaired) electrons. The molecule has 0 aromatic heterocycles. The largest absolute Gasteiger partial charge is 0.313 e. The molecular formula is C13H21NO2S. The van der Waals surface area contributed by atoms with Crippen LogP contribution in [0.5, 0.6) is 0 Å². The zero-order chi connectivity index (χ0) is 12.9. The van der Waals surface area contributed by atoms with Gasteiger partial charge in [-0.15, -0.1) is 0 Å². The summed E-state index contributed by atoms with van der Waals surface area (Å²) in [5, 5.41) is 3.26. The van der Waals surface area contributed by atoms with Gasteiger partial charge in [0.2, 0.25) is 0 Å². The van der Waals surface area contributed by atoms with Crippen LogP contribution in [0.15, 0.2) is 18.2 Å². The molecule has 0 atom stereocenters. The molecule has 1 N–H and O–H groups in total. The van der Waals surface area contributed by atoms with E-state index in [9.17, 15) is 8.42 Å². The summed E-state index contributed by atoms with van der Waals surface area (Å²) in [7, 11) is -2.82. The fourth-order valence-corrected chi connectivity index (χ4v) is 2.53. The zero-order valence-corrected chi connectivity index (χ0v) is 11.6. The Morgan fingerprint density at radius 1 is 1.12 bits per heavy atom. The molecule has 0 saturated heterocycles. The lowest BCUT2D eigenvalue weighted by Crippen LogP contribution is -2.17. The van der Waals surface area contributed by atoms with Gasteiger partial charge in [0.25, 0.3) is 0 Å². The Kier molecular flexibility index (Phi) is 5.15. The van der Waals surface area contributed by atoms with Gasteiger partial charge in [-0.1, -0.05) is 29.3 Å². The van der Waals surface area contributed by atoms with Crippen LogP contribution in [0.25, 0.3) is 0 Å². The second-order valence-corrected chi connectivity index (χ2v) is 6.92. The first kappa shape index (κ1) is 14.2. The van der Waals surface area contributed by atoms with E-state index in [0.717, 1.165) is 13.1 Å². The molecule has 4 heteroatoms. The molecule has 0 spiro atoms. The van der Waals surface area contributed by atoms with Gasteiger partial charge in [0.15, 0.2) is 0 Å². The Bertz CT molecular complexity index is 446. The fourth-order valence-electron chi connectivity index (χ4n) is 1.86. The summed E-state index contributed by atoms with van der Waals surface area (Å²) < 4.78 is 21.9. The van der Waals surface area contributed by atoms with Gasteiger partial charge >= 0.3 is 0 Å². The highest BCUT2D eigenvalue weighted by molar-refractivity contribution is 7.90. The third-order valence-corrected chi connectivity index (χ3v) is 3.51. The SMILES string of the molecule is Cc1cc(C)cc(CNCCCS(C)(=O)=O)c1. The maximum Gasteiger partial charge on any atom is 0.147 e. The van der Waals surface area contributed by atoms with Gasteiger partial charge in [-0.25, -0.2) is 8.42 Å². The van der Waals surface area contributed by atoms with Crippen molar-refractivity contribution >= 4 is 9.84 Å². The Balaban J connectivity index is 2.31. The van der Waals surface area contributed by atoms with Gasteiger partial charge < -0.3 is 5.32 Å². The van der Waals surface area contributed by atoms with Crippen molar-refractivity contribution in [3.05, 3.63) is 34.9 Å². The number of benzene rings is 1. The normalized spacial score (nSPS) is 11.7. The van der Waals surface area contributed by atoms with Crippen LogP contribution in [-0.2, 0) is 16.4 Å². The molecular weight excluding hydrogens is 234 g/mol. The van der Waals surface area contributed by atoms with E-state index in [1.165, 1.54) is 22.9 Å². The van der Waals surface area contributed by atoms with Crippen molar-refractivity contribution in [3.63, 3.8) is 0 Å². The second kappa shape index (κ2) is 6.17. The summed E-state index contributed by atoms with van der Waals surface area (Å²) in [6.45, 7) is 5.70. The van der Waals surface area contributed by atoms with Crippen LogP contribution in [0, 0.1) is 13.8 Å². The highest BCUT2D eigenvalue weighted by Gasteiger charge is 2.01. The summed E-state index contributed by atoms with van der Waals surface area (Å²) >= 11 is 0. The van der Waals surface area contributed by atoms with Crippen LogP contribution in [0.1, 0.15) is 23.1 Å². The molecule has 0 amide bonds. The van der Waals surface area contributed by atoms with Gasteiger partial charge in [0.05, 0.1) is 5.75 Å². The second-order valence-electron chi connectivity index (χ2n) is 4.66. The minimum atomic E-state index is -2.82. The molecule has 0 unspecified atom stereocenters. The third-order valence-electron chi connectivity index (χ3n) is 2.48. The Morgan fingerprint density at radius 2 is 1.71 bits per heavy atom. The monoisotopic (exact) mass is 255 g/mol. The van der Waals surface area contributed by atoms with Crippen LogP contribution >= 0.6 is 0 Å². The molecule has 1 aromatic carbocycles. The van der Waals surface area contributed by atoms with Crippen molar-refractivity contribution in [2.24, 2.45) is 0 Å². The van der Waals surface area contributed by atoms with Crippen molar-refractivity contribution in [1.29, 1.82) is 0 Å². The lowest BCUT2D eigenvalue weighted by Gasteiger charge is -2.06. The molecule has 0 aliphatic heterocycles. The average Bonchev–Trinajstić information content (AvgIpc) is 2.13. The molecule has 0 aliphatic rings. The molecule has 96 valence electrons. The summed E-state index contributed by atoms with van der Waals surface area (Å²) in [5.41, 5.74) is 3.78. The van der Waals surface area contributed by atoms with Crippen molar-refractivity contribution in [1.82, 2.24) is 5.32 Å². The lowest BCUT2D eigenvalue weighted by atomic mass is 10.1. The van der Waals surface area contributed by atoms with Gasteiger partial charge in [-0.3, -0.25) is 0 Å². The van der Waals surface area contributed by atoms with Gasteiger partial charge in [-0.05, 0) is 32.4 Å². The molecule has 17 heavy (non-hydrogen) atoms. The lowest BCUT2D eigenvalue weighted by molar-refractivity contribution is 0.594. The first-order valence-electron chi connectivity index (χ1n) is 5.82. The topological polar surface area (TPSA) is 46.2 Å². The minimum Gasteiger partial charge on any atom is -0.313 e. The maximum absolute atomic E-state index is 10.9. The van der Waals surface area contributed by atoms with E-state index in [2.05, 4.69) is 37.4 Å². The van der Waals surface area contributed by atoms with Crippen LogP contribution in [0.3, 0.4) is 0 Å². The van der Waals surface area contributed by atoms with E-state index in [-0.39, 0.29) is 5.75 Å². The number of sulfone groups is 1. The van der Waals surface area contributed by atoms with Crippen LogP contribution in [-0.4, -0.2) is 27.0 Å². The van der Waals surface area contributed by atoms with Crippen LogP contribution < -0.4 is 5.32 Å². The summed E-state index contributed by atoms with van der Waals surface area (Å²) in [6.07, 6.45) is 1.94. The van der Waals surface area contributed by atoms with Gasteiger partial charge in [0, 0.05) is 12.8 Å². The fraction of sp³-hybridized carbons (Fsp3) is 0.538. The maximum atomic E-state index is 10.9. The number of hydrogen-bond donors (Lipinski definition) is 1. The predicted octanol–water partition coefficient (Wildman–Crippen LogP) is 1.83. The van der Waals surface area contributed by atoms with E-state index in [1.54, 1.807) is 0 Å². The zero-order valence-electron chi connectivity index (χ0n) is 10.8. The van der Waals surface area contributed by atoms with Gasteiger partial charge in [-0.2, -0.15) is 0 Å². The standard InChI is InChI=1S/C13H21NO2S/c1-11-7-12(2)9-13(8-11)10-14-5-4-6-17(3,15)16/h7-9,14H,4-6,10H2,1-3H3. The number of aryl methyl sites for hydroxylation is 2. The van der Waals surface area contributed by atoms with Crippen molar-refractivity contribution in [2.45, 2.75) is 26.8 Å². The Labute approximate surface area is 104 Å². The highest BCUT2D eigenvalue weighted by atomic mass is 32.2. The molecule has 1 aromatic rings. The number of rotatable bonds is 6. The van der Waals surface area contributed by atoms with Crippen molar-refractivity contribution < 1.29 is 8.42 Å². The molecule has 0 fully saturated rings. The number of hydrogen-bond acceptors (Lipinski definition) is 3. The quantitative estimate of drug-likeness (QED) is 0.789. The molecule has 0 bridgehead atoms. The first-order valence-corrected chi connectivity index (χ1v) is 7.88. The predicted molar refractivity (Wildman–Crippen MR) is 72.0 cm³/mol. The van der Waals surface area contributed by atoms with E-state index in [0.29, 0.717) is 6.42 Å². The van der Waals surface area contributed by atoms with E-state index in [4.69, 9.17) is 0 Å². The average molecular weight is 255 g/mol. The first-order chi connectivity index (χ1) is 7.87. The molecule has 0 heterocycles. The van der Waals surface area contributed by atoms with Crippen LogP contribution in [0.2, 0.25) is 0 Å². The van der Waals surface area contributed by atoms with Crippen molar-refractivity contribution in [2.75, 3.05) is 18.6 Å². The molecule has 3 nitrogen and oxygen atoms in total. The smallest absolute Gasteiger partial charge is 0.147 e. The number of nitrogens with one attached hydrogen (secondary N) is 1. The van der Waals surface area contributed by atoms with Crippen LogP contribution in [0.4, 0.5) is 0 Å². The third kappa shape index (κ3) is 6.44. The van der Waals surface area contributed by atoms with E-state index >= 15 is 0 Å². The summed E-state index contributed by atoms with van der Waals surface area (Å²) in [4.78, 5) is 0. The van der Waals surface area contributed by atoms with E-state index in [1.807, 2.05) is 0 Å². The van der Waals surface area contributed by atoms with Crippen molar-refractivity contribution in [3.8, 4) is 0 Å². The molecule has 0 aliphatic carbocycles. The Hall–Kier alpha value is -0.870. The summed E-state index contributed by atoms with van der Waals surface area (Å²) in [6, 6.07) is 6.44. The molecule has 1 rings (SSSR count). The highest BCUT2D eigenvalue weighted by Crippen LogP contribution is 2.08. The Morgan fingerprint density at radius 3 is 2.24 bits per heavy atom.